The Bertz CT molecular complexity index is 605. The van der Waals surface area contributed by atoms with Crippen molar-refractivity contribution in [2.45, 2.75) is 6.92 Å². The van der Waals surface area contributed by atoms with E-state index in [0.29, 0.717) is 32.9 Å². The number of carbonyl (C=O) groups excluding carboxylic acids is 1. The Balaban J connectivity index is 3.32. The van der Waals surface area contributed by atoms with Crippen LogP contribution in [0.2, 0.25) is 0 Å². The molecule has 0 unspecified atom stereocenters. The van der Waals surface area contributed by atoms with E-state index >= 15 is 0 Å². The number of rotatable bonds is 6. The van der Waals surface area contributed by atoms with E-state index in [1.807, 2.05) is 19.2 Å². The highest BCUT2D eigenvalue weighted by Gasteiger charge is 2.16. The van der Waals surface area contributed by atoms with Crippen molar-refractivity contribution in [3.05, 3.63) is 27.1 Å². The summed E-state index contributed by atoms with van der Waals surface area (Å²) in [6.07, 6.45) is 3.55. The fourth-order valence-electron chi connectivity index (χ4n) is 1.58. The maximum absolute atomic E-state index is 12.3. The number of amides is 1. The Morgan fingerprint density at radius 2 is 2.24 bits per heavy atom. The quantitative estimate of drug-likeness (QED) is 0.443. The van der Waals surface area contributed by atoms with Crippen LogP contribution in [0, 0.1) is 0 Å². The number of hydrogen-bond acceptors (Lipinski definition) is 6. The number of nitrogen functional groups attached to an aromatic ring is 1. The summed E-state index contributed by atoms with van der Waals surface area (Å²) in [5.74, 6) is -0.156. The average Bonchev–Trinajstić information content (AvgIpc) is 2.49. The van der Waals surface area contributed by atoms with Crippen LogP contribution in [0.3, 0.4) is 0 Å². The lowest BCUT2D eigenvalue weighted by molar-refractivity contribution is -0.122. The summed E-state index contributed by atoms with van der Waals surface area (Å²) < 4.78 is 4.50. The van der Waals surface area contributed by atoms with Crippen LogP contribution in [0.5, 0.6) is 0 Å². The molecule has 0 heterocycles. The first-order valence-electron chi connectivity index (χ1n) is 5.93. The third kappa shape index (κ3) is 4.32. The van der Waals surface area contributed by atoms with E-state index in [1.165, 1.54) is 22.2 Å². The molecular formula is C13H14BrN3OS3. The number of halogens is 1. The molecule has 1 rings (SSSR count). The van der Waals surface area contributed by atoms with E-state index in [-0.39, 0.29) is 5.91 Å². The van der Waals surface area contributed by atoms with E-state index in [1.54, 1.807) is 12.1 Å². The van der Waals surface area contributed by atoms with Crippen LogP contribution in [0.15, 0.2) is 25.9 Å². The topological polar surface area (TPSA) is 58.7 Å². The molecule has 2 N–H and O–H groups in total. The van der Waals surface area contributed by atoms with Crippen molar-refractivity contribution in [2.75, 3.05) is 18.5 Å². The second kappa shape index (κ2) is 8.57. The maximum Gasteiger partial charge on any atom is 0.264 e. The van der Waals surface area contributed by atoms with Crippen LogP contribution in [0.25, 0.3) is 6.08 Å². The van der Waals surface area contributed by atoms with Crippen LogP contribution >= 0.6 is 39.9 Å². The highest BCUT2D eigenvalue weighted by molar-refractivity contribution is 9.10. The maximum atomic E-state index is 12.3. The molecule has 0 fully saturated rings. The predicted molar refractivity (Wildman–Crippen MR) is 101 cm³/mol. The largest absolute Gasteiger partial charge is 0.396 e. The van der Waals surface area contributed by atoms with Crippen LogP contribution in [0.4, 0.5) is 11.4 Å². The van der Waals surface area contributed by atoms with Crippen molar-refractivity contribution in [1.29, 1.82) is 0 Å². The molecular weight excluding hydrogens is 390 g/mol. The van der Waals surface area contributed by atoms with Crippen molar-refractivity contribution in [3.63, 3.8) is 0 Å². The van der Waals surface area contributed by atoms with Gasteiger partial charge in [0.1, 0.15) is 5.69 Å². The van der Waals surface area contributed by atoms with Gasteiger partial charge in [-0.05, 0) is 41.3 Å². The van der Waals surface area contributed by atoms with Gasteiger partial charge in [-0.25, -0.2) is 0 Å². The van der Waals surface area contributed by atoms with Gasteiger partial charge >= 0.3 is 0 Å². The molecule has 0 saturated carbocycles. The minimum Gasteiger partial charge on any atom is -0.396 e. The number of thiocarbonyl (C=S) groups is 1. The Kier molecular flexibility index (Phi) is 7.44. The Morgan fingerprint density at radius 3 is 2.71 bits per heavy atom. The molecule has 0 aromatic heterocycles. The summed E-state index contributed by atoms with van der Waals surface area (Å²) in [4.78, 5) is 14.3. The van der Waals surface area contributed by atoms with Crippen LogP contribution in [-0.4, -0.2) is 29.1 Å². The zero-order chi connectivity index (χ0) is 16.0. The van der Waals surface area contributed by atoms with Crippen molar-refractivity contribution in [2.24, 2.45) is 4.36 Å². The summed E-state index contributed by atoms with van der Waals surface area (Å²) >= 11 is 14.3. The smallest absolute Gasteiger partial charge is 0.264 e. The van der Waals surface area contributed by atoms with Crippen molar-refractivity contribution >= 4 is 81.2 Å². The molecule has 0 saturated heterocycles. The monoisotopic (exact) mass is 403 g/mol. The molecule has 21 heavy (non-hydrogen) atoms. The molecule has 0 spiro atoms. The number of benzene rings is 1. The van der Waals surface area contributed by atoms with Gasteiger partial charge in [-0.1, -0.05) is 18.3 Å². The van der Waals surface area contributed by atoms with Gasteiger partial charge in [0, 0.05) is 29.0 Å². The molecule has 0 bridgehead atoms. The average molecular weight is 404 g/mol. The minimum atomic E-state index is -0.156. The third-order valence-corrected chi connectivity index (χ3v) is 4.59. The second-order valence-electron chi connectivity index (χ2n) is 3.90. The molecule has 0 aliphatic rings. The standard InChI is InChI=1S/C13H14BrN3OS3/c1-3-17(7-19)13(18)10(21-2)6-8-4-5-9(14)11(15)12(8)16-20/h4-7H,3,15H2,1-2H3/b10-6+. The van der Waals surface area contributed by atoms with Gasteiger partial charge in [0.15, 0.2) is 0 Å². The minimum absolute atomic E-state index is 0.156. The molecule has 4 nitrogen and oxygen atoms in total. The number of thioether (sulfide) groups is 1. The zero-order valence-corrected chi connectivity index (χ0v) is 15.5. The predicted octanol–water partition coefficient (Wildman–Crippen LogP) is 3.90. The van der Waals surface area contributed by atoms with Gasteiger partial charge in [-0.15, -0.1) is 11.8 Å². The summed E-state index contributed by atoms with van der Waals surface area (Å²) in [7, 11) is 0. The lowest BCUT2D eigenvalue weighted by Crippen LogP contribution is -2.29. The Labute approximate surface area is 147 Å². The number of hydrogen-bond donors (Lipinski definition) is 1. The molecule has 0 aliphatic carbocycles. The zero-order valence-electron chi connectivity index (χ0n) is 11.5. The fraction of sp³-hybridized carbons (Fsp3) is 0.231. The first-order valence-corrected chi connectivity index (χ1v) is 8.78. The Hall–Kier alpha value is -0.830. The van der Waals surface area contributed by atoms with E-state index in [2.05, 4.69) is 20.3 Å². The van der Waals surface area contributed by atoms with E-state index in [9.17, 15) is 4.79 Å². The van der Waals surface area contributed by atoms with Gasteiger partial charge in [0.25, 0.3) is 5.91 Å². The number of anilines is 1. The van der Waals surface area contributed by atoms with Gasteiger partial charge in [0.2, 0.25) is 0 Å². The molecule has 1 aromatic rings. The fourth-order valence-corrected chi connectivity index (χ4v) is 2.88. The molecule has 112 valence electrons. The highest BCUT2D eigenvalue weighted by Crippen LogP contribution is 2.35. The lowest BCUT2D eigenvalue weighted by atomic mass is 10.1. The molecule has 0 aliphatic heterocycles. The Morgan fingerprint density at radius 1 is 1.57 bits per heavy atom. The normalized spacial score (nSPS) is 11.1. The van der Waals surface area contributed by atoms with Gasteiger partial charge in [-0.2, -0.15) is 4.36 Å². The summed E-state index contributed by atoms with van der Waals surface area (Å²) in [6.45, 7) is 2.38. The van der Waals surface area contributed by atoms with Crippen LogP contribution in [-0.2, 0) is 17.2 Å². The number of likely N-dealkylation sites (N-methyl/N-ethyl adjacent to an activating group) is 1. The number of carbonyl (C=O) groups is 1. The molecule has 8 heteroatoms. The van der Waals surface area contributed by atoms with Gasteiger partial charge in [-0.3, -0.25) is 4.79 Å². The van der Waals surface area contributed by atoms with E-state index < -0.39 is 0 Å². The van der Waals surface area contributed by atoms with Crippen molar-refractivity contribution in [3.8, 4) is 0 Å². The summed E-state index contributed by atoms with van der Waals surface area (Å²) in [5.41, 5.74) is 8.91. The van der Waals surface area contributed by atoms with Crippen LogP contribution < -0.4 is 5.73 Å². The van der Waals surface area contributed by atoms with Crippen molar-refractivity contribution in [1.82, 2.24) is 4.90 Å². The summed E-state index contributed by atoms with van der Waals surface area (Å²) in [5, 5.41) is 0. The number of nitrogens with zero attached hydrogens (tertiary/aromatic N) is 2. The van der Waals surface area contributed by atoms with E-state index in [4.69, 9.17) is 30.4 Å². The first-order chi connectivity index (χ1) is 9.99. The number of nitrogens with two attached hydrogens (primary N) is 1. The van der Waals surface area contributed by atoms with E-state index in [0.717, 1.165) is 0 Å². The molecule has 0 atom stereocenters. The van der Waals surface area contributed by atoms with Gasteiger partial charge < -0.3 is 10.6 Å². The first kappa shape index (κ1) is 18.2. The second-order valence-corrected chi connectivity index (χ2v) is 6.00. The molecule has 1 amide bonds. The SMILES string of the molecule is CCN(C=S)C(=O)/C(=C\c1ccc(Br)c(N)c1N=S)SC. The lowest BCUT2D eigenvalue weighted by Gasteiger charge is -2.16. The molecule has 1 aromatic carbocycles. The van der Waals surface area contributed by atoms with Crippen molar-refractivity contribution < 1.29 is 4.79 Å². The summed E-state index contributed by atoms with van der Waals surface area (Å²) in [6, 6.07) is 3.60. The van der Waals surface area contributed by atoms with Crippen LogP contribution in [0.1, 0.15) is 12.5 Å². The third-order valence-electron chi connectivity index (χ3n) is 2.73. The van der Waals surface area contributed by atoms with Gasteiger partial charge in [0.05, 0.1) is 16.1 Å². The highest BCUT2D eigenvalue weighted by atomic mass is 79.9. The molecule has 0 radical (unpaired) electrons.